The molecule has 0 aliphatic carbocycles. The van der Waals surface area contributed by atoms with Crippen molar-refractivity contribution in [3.8, 4) is 17.2 Å². The monoisotopic (exact) mass is 250 g/mol. The van der Waals surface area contributed by atoms with Crippen LogP contribution in [0.4, 0.5) is 0 Å². The van der Waals surface area contributed by atoms with Crippen molar-refractivity contribution in [2.45, 2.75) is 19.8 Å². The van der Waals surface area contributed by atoms with E-state index in [1.54, 1.807) is 0 Å². The molecule has 0 saturated carbocycles. The van der Waals surface area contributed by atoms with Gasteiger partial charge in [-0.25, -0.2) is 0 Å². The van der Waals surface area contributed by atoms with Crippen LogP contribution in [0.1, 0.15) is 29.5 Å². The molecule has 0 bridgehead atoms. The van der Waals surface area contributed by atoms with Gasteiger partial charge in [-0.3, -0.25) is 0 Å². The van der Waals surface area contributed by atoms with Gasteiger partial charge in [0.2, 0.25) is 0 Å². The lowest BCUT2D eigenvalue weighted by Crippen LogP contribution is -2.08. The van der Waals surface area contributed by atoms with Gasteiger partial charge in [0.1, 0.15) is 0 Å². The fourth-order valence-corrected chi connectivity index (χ4v) is 2.18. The topological polar surface area (TPSA) is 49.8 Å². The van der Waals surface area contributed by atoms with Crippen LogP contribution in [0.15, 0.2) is 42.5 Å². The quantitative estimate of drug-likeness (QED) is 0.904. The van der Waals surface area contributed by atoms with Gasteiger partial charge in [-0.2, -0.15) is 5.26 Å². The summed E-state index contributed by atoms with van der Waals surface area (Å²) >= 11 is 0. The summed E-state index contributed by atoms with van der Waals surface area (Å²) in [7, 11) is 0. The van der Waals surface area contributed by atoms with Crippen molar-refractivity contribution >= 4 is 0 Å². The van der Waals surface area contributed by atoms with Crippen LogP contribution in [0.2, 0.25) is 0 Å². The molecule has 2 aromatic rings. The van der Waals surface area contributed by atoms with E-state index in [2.05, 4.69) is 37.3 Å². The number of aryl methyl sites for hydroxylation is 1. The molecule has 0 heterocycles. The average molecular weight is 250 g/mol. The summed E-state index contributed by atoms with van der Waals surface area (Å²) in [5.74, 6) is 0.385. The number of nitrogens with two attached hydrogens (primary N) is 1. The molecule has 0 saturated heterocycles. The predicted octanol–water partition coefficient (Wildman–Crippen LogP) is 3.60. The Labute approximate surface area is 114 Å². The maximum atomic E-state index is 8.89. The Bertz CT molecular complexity index is 606. The van der Waals surface area contributed by atoms with Gasteiger partial charge in [-0.1, -0.05) is 37.3 Å². The summed E-state index contributed by atoms with van der Waals surface area (Å²) in [4.78, 5) is 0. The molecule has 2 rings (SSSR count). The van der Waals surface area contributed by atoms with Crippen molar-refractivity contribution < 1.29 is 0 Å². The zero-order chi connectivity index (χ0) is 13.8. The first kappa shape index (κ1) is 13.3. The maximum Gasteiger partial charge on any atom is 0.0991 e. The van der Waals surface area contributed by atoms with Crippen molar-refractivity contribution in [2.24, 2.45) is 5.73 Å². The largest absolute Gasteiger partial charge is 0.330 e. The van der Waals surface area contributed by atoms with Crippen LogP contribution < -0.4 is 5.73 Å². The van der Waals surface area contributed by atoms with E-state index in [1.165, 1.54) is 16.7 Å². The summed E-state index contributed by atoms with van der Waals surface area (Å²) in [5.41, 5.74) is 11.1. The van der Waals surface area contributed by atoms with Gasteiger partial charge in [0.15, 0.2) is 0 Å². The SMILES string of the molecule is Cc1cc(C#N)ccc1-c1ccc(C(C)CN)cc1. The third-order valence-corrected chi connectivity index (χ3v) is 3.50. The molecule has 0 aliphatic rings. The van der Waals surface area contributed by atoms with Gasteiger partial charge in [-0.05, 0) is 53.8 Å². The van der Waals surface area contributed by atoms with Gasteiger partial charge in [0, 0.05) is 0 Å². The highest BCUT2D eigenvalue weighted by Gasteiger charge is 2.06. The van der Waals surface area contributed by atoms with Gasteiger partial charge in [0.05, 0.1) is 11.6 Å². The van der Waals surface area contributed by atoms with Gasteiger partial charge < -0.3 is 5.73 Å². The van der Waals surface area contributed by atoms with Crippen molar-refractivity contribution in [3.05, 3.63) is 59.2 Å². The van der Waals surface area contributed by atoms with E-state index in [0.29, 0.717) is 18.0 Å². The average Bonchev–Trinajstić information content (AvgIpc) is 2.46. The van der Waals surface area contributed by atoms with Crippen LogP contribution in [0.5, 0.6) is 0 Å². The minimum atomic E-state index is 0.385. The Morgan fingerprint density at radius 2 is 1.84 bits per heavy atom. The third-order valence-electron chi connectivity index (χ3n) is 3.50. The Morgan fingerprint density at radius 3 is 2.37 bits per heavy atom. The molecule has 0 aliphatic heterocycles. The van der Waals surface area contributed by atoms with Crippen LogP contribution in [0, 0.1) is 18.3 Å². The normalized spacial score (nSPS) is 11.9. The van der Waals surface area contributed by atoms with Crippen LogP contribution in [0.25, 0.3) is 11.1 Å². The number of rotatable bonds is 3. The molecule has 2 nitrogen and oxygen atoms in total. The molecule has 96 valence electrons. The first-order chi connectivity index (χ1) is 9.15. The van der Waals surface area contributed by atoms with Crippen molar-refractivity contribution in [1.29, 1.82) is 5.26 Å². The molecule has 2 aromatic carbocycles. The second-order valence-corrected chi connectivity index (χ2v) is 4.90. The molecular formula is C17H18N2. The lowest BCUT2D eigenvalue weighted by Gasteiger charge is -2.11. The number of nitriles is 1. The molecule has 1 atom stereocenters. The number of hydrogen-bond donors (Lipinski definition) is 1. The summed E-state index contributed by atoms with van der Waals surface area (Å²) in [6.45, 7) is 4.82. The van der Waals surface area contributed by atoms with Crippen molar-refractivity contribution in [3.63, 3.8) is 0 Å². The Kier molecular flexibility index (Phi) is 3.99. The maximum absolute atomic E-state index is 8.89. The van der Waals surface area contributed by atoms with Crippen LogP contribution >= 0.6 is 0 Å². The third kappa shape index (κ3) is 2.83. The zero-order valence-corrected chi connectivity index (χ0v) is 11.4. The van der Waals surface area contributed by atoms with E-state index in [4.69, 9.17) is 11.0 Å². The fourth-order valence-electron chi connectivity index (χ4n) is 2.18. The minimum absolute atomic E-state index is 0.385. The molecule has 19 heavy (non-hydrogen) atoms. The molecular weight excluding hydrogens is 232 g/mol. The predicted molar refractivity (Wildman–Crippen MR) is 78.8 cm³/mol. The summed E-state index contributed by atoms with van der Waals surface area (Å²) < 4.78 is 0. The fraction of sp³-hybridized carbons (Fsp3) is 0.235. The molecule has 0 spiro atoms. The van der Waals surface area contributed by atoms with Gasteiger partial charge in [-0.15, -0.1) is 0 Å². The molecule has 2 heteroatoms. The lowest BCUT2D eigenvalue weighted by atomic mass is 9.95. The van der Waals surface area contributed by atoms with E-state index >= 15 is 0 Å². The van der Waals surface area contributed by atoms with E-state index in [0.717, 1.165) is 5.56 Å². The summed E-state index contributed by atoms with van der Waals surface area (Å²) in [5, 5.41) is 8.89. The second kappa shape index (κ2) is 5.69. The number of benzene rings is 2. The van der Waals surface area contributed by atoms with Crippen LogP contribution in [-0.4, -0.2) is 6.54 Å². The van der Waals surface area contributed by atoms with E-state index in [-0.39, 0.29) is 0 Å². The highest BCUT2D eigenvalue weighted by atomic mass is 14.5. The molecule has 0 aromatic heterocycles. The molecule has 0 fully saturated rings. The first-order valence-electron chi connectivity index (χ1n) is 6.47. The van der Waals surface area contributed by atoms with E-state index < -0.39 is 0 Å². The van der Waals surface area contributed by atoms with Crippen molar-refractivity contribution in [2.75, 3.05) is 6.54 Å². The second-order valence-electron chi connectivity index (χ2n) is 4.90. The number of nitrogens with zero attached hydrogens (tertiary/aromatic N) is 1. The minimum Gasteiger partial charge on any atom is -0.330 e. The van der Waals surface area contributed by atoms with Crippen LogP contribution in [0.3, 0.4) is 0 Å². The van der Waals surface area contributed by atoms with Gasteiger partial charge >= 0.3 is 0 Å². The summed E-state index contributed by atoms with van der Waals surface area (Å²) in [6, 6.07) is 16.5. The Balaban J connectivity index is 2.35. The summed E-state index contributed by atoms with van der Waals surface area (Å²) in [6.07, 6.45) is 0. The van der Waals surface area contributed by atoms with E-state index in [9.17, 15) is 0 Å². The Morgan fingerprint density at radius 1 is 1.16 bits per heavy atom. The van der Waals surface area contributed by atoms with Crippen molar-refractivity contribution in [1.82, 2.24) is 0 Å². The molecule has 2 N–H and O–H groups in total. The van der Waals surface area contributed by atoms with Gasteiger partial charge in [0.25, 0.3) is 0 Å². The Hall–Kier alpha value is -2.11. The first-order valence-corrected chi connectivity index (χ1v) is 6.47. The standard InChI is InChI=1S/C17H18N2/c1-12-9-14(11-19)3-8-17(12)16-6-4-15(5-7-16)13(2)10-18/h3-9,13H,10,18H2,1-2H3. The van der Waals surface area contributed by atoms with Crippen LogP contribution in [-0.2, 0) is 0 Å². The smallest absolute Gasteiger partial charge is 0.0991 e. The molecule has 0 amide bonds. The number of hydrogen-bond acceptors (Lipinski definition) is 2. The highest BCUT2D eigenvalue weighted by molar-refractivity contribution is 5.68. The lowest BCUT2D eigenvalue weighted by molar-refractivity contribution is 0.774. The zero-order valence-electron chi connectivity index (χ0n) is 11.4. The van der Waals surface area contributed by atoms with E-state index in [1.807, 2.05) is 25.1 Å². The molecule has 0 radical (unpaired) electrons. The highest BCUT2D eigenvalue weighted by Crippen LogP contribution is 2.26. The molecule has 1 unspecified atom stereocenters.